The molecule has 0 fully saturated rings. The van der Waals surface area contributed by atoms with Crippen LogP contribution in [0, 0.1) is 13.8 Å². The molecule has 32 heavy (non-hydrogen) atoms. The Morgan fingerprint density at radius 1 is 0.875 bits per heavy atom. The van der Waals surface area contributed by atoms with Crippen LogP contribution in [-0.2, 0) is 0 Å². The van der Waals surface area contributed by atoms with Crippen LogP contribution in [-0.4, -0.2) is 23.6 Å². The minimum atomic E-state index is 0.884. The lowest BCUT2D eigenvalue weighted by atomic mass is 9.96. The molecule has 4 heteroatoms. The predicted molar refractivity (Wildman–Crippen MR) is 138 cm³/mol. The molecule has 4 rings (SSSR count). The van der Waals surface area contributed by atoms with Gasteiger partial charge in [-0.25, -0.2) is 4.98 Å². The zero-order valence-corrected chi connectivity index (χ0v) is 20.1. The van der Waals surface area contributed by atoms with Gasteiger partial charge >= 0.3 is 0 Å². The van der Waals surface area contributed by atoms with E-state index < -0.39 is 0 Å². The first-order valence-corrected chi connectivity index (χ1v) is 12.3. The summed E-state index contributed by atoms with van der Waals surface area (Å²) < 4.78 is 5.50. The zero-order chi connectivity index (χ0) is 22.5. The smallest absolute Gasteiger partial charge is 0.134 e. The number of nitrogens with one attached hydrogen (secondary N) is 2. The molecule has 170 valence electrons. The maximum absolute atomic E-state index is 5.50. The maximum atomic E-state index is 5.50. The predicted octanol–water partition coefficient (Wildman–Crippen LogP) is 8.05. The number of benzene rings is 2. The van der Waals surface area contributed by atoms with Crippen LogP contribution >= 0.6 is 0 Å². The SMILES string of the molecule is CCCCCCCCCCNc1nccc2c(C)c3[nH]c4ccc(OC)cc4c3c(C)c12. The summed E-state index contributed by atoms with van der Waals surface area (Å²) in [6.45, 7) is 7.68. The van der Waals surface area contributed by atoms with E-state index in [4.69, 9.17) is 9.72 Å². The van der Waals surface area contributed by atoms with Crippen molar-refractivity contribution in [1.29, 1.82) is 0 Å². The lowest BCUT2D eigenvalue weighted by Gasteiger charge is -2.14. The first kappa shape index (κ1) is 22.4. The fourth-order valence-electron chi connectivity index (χ4n) is 4.98. The van der Waals surface area contributed by atoms with E-state index in [1.54, 1.807) is 7.11 Å². The molecular weight excluding hydrogens is 394 g/mol. The van der Waals surface area contributed by atoms with Crippen molar-refractivity contribution in [2.45, 2.75) is 72.1 Å². The molecule has 0 atom stereocenters. The highest BCUT2D eigenvalue weighted by atomic mass is 16.5. The number of fused-ring (bicyclic) bond motifs is 4. The highest BCUT2D eigenvalue weighted by Crippen LogP contribution is 2.39. The second-order valence-corrected chi connectivity index (χ2v) is 9.02. The van der Waals surface area contributed by atoms with E-state index in [-0.39, 0.29) is 0 Å². The third kappa shape index (κ3) is 4.41. The minimum Gasteiger partial charge on any atom is -0.497 e. The van der Waals surface area contributed by atoms with Gasteiger partial charge in [-0.1, -0.05) is 51.9 Å². The number of hydrogen-bond donors (Lipinski definition) is 2. The summed E-state index contributed by atoms with van der Waals surface area (Å²) in [7, 11) is 1.72. The van der Waals surface area contributed by atoms with Crippen molar-refractivity contribution in [2.75, 3.05) is 19.0 Å². The number of nitrogens with zero attached hydrogens (tertiary/aromatic N) is 1. The van der Waals surface area contributed by atoms with Crippen molar-refractivity contribution in [3.8, 4) is 5.75 Å². The van der Waals surface area contributed by atoms with Crippen LogP contribution in [0.2, 0.25) is 0 Å². The Labute approximate surface area is 191 Å². The van der Waals surface area contributed by atoms with Gasteiger partial charge in [0.1, 0.15) is 11.6 Å². The number of hydrogen-bond acceptors (Lipinski definition) is 3. The Bertz CT molecular complexity index is 1210. The molecule has 4 nitrogen and oxygen atoms in total. The summed E-state index contributed by atoms with van der Waals surface area (Å²) in [5, 5.41) is 8.63. The molecule has 2 aromatic heterocycles. The Morgan fingerprint density at radius 3 is 2.38 bits per heavy atom. The zero-order valence-electron chi connectivity index (χ0n) is 20.1. The molecule has 0 saturated carbocycles. The molecule has 0 amide bonds. The van der Waals surface area contributed by atoms with Gasteiger partial charge in [0.25, 0.3) is 0 Å². The third-order valence-electron chi connectivity index (χ3n) is 6.81. The highest BCUT2D eigenvalue weighted by molar-refractivity contribution is 6.18. The lowest BCUT2D eigenvalue weighted by Crippen LogP contribution is -2.05. The van der Waals surface area contributed by atoms with Crippen LogP contribution in [0.15, 0.2) is 30.5 Å². The molecule has 0 bridgehead atoms. The van der Waals surface area contributed by atoms with Crippen molar-refractivity contribution in [2.24, 2.45) is 0 Å². The minimum absolute atomic E-state index is 0.884. The fourth-order valence-corrected chi connectivity index (χ4v) is 4.98. The van der Waals surface area contributed by atoms with Crippen molar-refractivity contribution >= 4 is 38.4 Å². The number of rotatable bonds is 11. The highest BCUT2D eigenvalue weighted by Gasteiger charge is 2.17. The molecule has 2 heterocycles. The largest absolute Gasteiger partial charge is 0.497 e. The summed E-state index contributed by atoms with van der Waals surface area (Å²) in [4.78, 5) is 8.37. The molecular formula is C28H37N3O. The molecule has 0 radical (unpaired) electrons. The van der Waals surface area contributed by atoms with Crippen LogP contribution < -0.4 is 10.1 Å². The molecule has 4 aromatic rings. The van der Waals surface area contributed by atoms with E-state index in [1.165, 1.54) is 89.6 Å². The molecule has 2 aromatic carbocycles. The van der Waals surface area contributed by atoms with Gasteiger partial charge in [0.05, 0.1) is 12.6 Å². The number of methoxy groups -OCH3 is 1. The number of aromatic amines is 1. The normalized spacial score (nSPS) is 11.6. The number of unbranched alkanes of at least 4 members (excludes halogenated alkanes) is 7. The van der Waals surface area contributed by atoms with Gasteiger partial charge in [-0.05, 0) is 61.0 Å². The number of aromatic nitrogens is 2. The molecule has 0 aliphatic carbocycles. The number of H-pyrrole nitrogens is 1. The number of aryl methyl sites for hydroxylation is 2. The number of anilines is 1. The van der Waals surface area contributed by atoms with Crippen LogP contribution in [0.4, 0.5) is 5.82 Å². The van der Waals surface area contributed by atoms with Gasteiger partial charge in [0.2, 0.25) is 0 Å². The summed E-state index contributed by atoms with van der Waals surface area (Å²) >= 11 is 0. The Morgan fingerprint density at radius 2 is 1.62 bits per heavy atom. The lowest BCUT2D eigenvalue weighted by molar-refractivity contribution is 0.415. The van der Waals surface area contributed by atoms with Gasteiger partial charge in [-0.15, -0.1) is 0 Å². The van der Waals surface area contributed by atoms with Crippen LogP contribution in [0.5, 0.6) is 5.75 Å². The van der Waals surface area contributed by atoms with E-state index in [9.17, 15) is 0 Å². The number of pyridine rings is 1. The second kappa shape index (κ2) is 10.2. The Balaban J connectivity index is 1.57. The third-order valence-corrected chi connectivity index (χ3v) is 6.81. The molecule has 0 spiro atoms. The summed E-state index contributed by atoms with van der Waals surface area (Å²) in [5.41, 5.74) is 4.89. The summed E-state index contributed by atoms with van der Waals surface area (Å²) in [5.74, 6) is 1.89. The van der Waals surface area contributed by atoms with Crippen LogP contribution in [0.25, 0.3) is 32.6 Å². The summed E-state index contributed by atoms with van der Waals surface area (Å²) in [6, 6.07) is 8.40. The van der Waals surface area contributed by atoms with Gasteiger partial charge in [0.15, 0.2) is 0 Å². The quantitative estimate of drug-likeness (QED) is 0.236. The fraction of sp³-hybridized carbons (Fsp3) is 0.464. The van der Waals surface area contributed by atoms with Gasteiger partial charge in [-0.3, -0.25) is 0 Å². The van der Waals surface area contributed by atoms with E-state index in [0.29, 0.717) is 0 Å². The average molecular weight is 432 g/mol. The van der Waals surface area contributed by atoms with Crippen molar-refractivity contribution < 1.29 is 4.74 Å². The summed E-state index contributed by atoms with van der Waals surface area (Å²) in [6.07, 6.45) is 12.6. The van der Waals surface area contributed by atoms with E-state index in [2.05, 4.69) is 49.3 Å². The topological polar surface area (TPSA) is 49.9 Å². The molecule has 0 unspecified atom stereocenters. The second-order valence-electron chi connectivity index (χ2n) is 9.02. The van der Waals surface area contributed by atoms with Crippen LogP contribution in [0.1, 0.15) is 69.4 Å². The molecule has 0 aliphatic heterocycles. The monoisotopic (exact) mass is 431 g/mol. The van der Waals surface area contributed by atoms with Crippen LogP contribution in [0.3, 0.4) is 0 Å². The molecule has 2 N–H and O–H groups in total. The molecule has 0 saturated heterocycles. The molecule has 0 aliphatic rings. The average Bonchev–Trinajstić information content (AvgIpc) is 3.20. The van der Waals surface area contributed by atoms with Crippen molar-refractivity contribution in [3.05, 3.63) is 41.6 Å². The maximum Gasteiger partial charge on any atom is 0.134 e. The first-order chi connectivity index (χ1) is 15.7. The van der Waals surface area contributed by atoms with E-state index in [1.807, 2.05) is 12.3 Å². The first-order valence-electron chi connectivity index (χ1n) is 12.3. The Hall–Kier alpha value is -2.75. The van der Waals surface area contributed by atoms with Crippen molar-refractivity contribution in [1.82, 2.24) is 9.97 Å². The standard InChI is InChI=1S/C28H37N3O/c1-5-6-7-8-9-10-11-12-16-29-28-26-20(3)25-23-18-21(32-4)13-14-24(23)31-27(25)19(2)22(26)15-17-30-28/h13-15,17-18,31H,5-12,16H2,1-4H3,(H,29,30). The van der Waals surface area contributed by atoms with Gasteiger partial charge < -0.3 is 15.0 Å². The van der Waals surface area contributed by atoms with Gasteiger partial charge in [0, 0.05) is 34.4 Å². The van der Waals surface area contributed by atoms with Gasteiger partial charge in [-0.2, -0.15) is 0 Å². The number of ether oxygens (including phenoxy) is 1. The van der Waals surface area contributed by atoms with E-state index in [0.717, 1.165) is 23.6 Å². The van der Waals surface area contributed by atoms with Crippen molar-refractivity contribution in [3.63, 3.8) is 0 Å². The Kier molecular flexibility index (Phi) is 7.19. The van der Waals surface area contributed by atoms with E-state index >= 15 is 0 Å².